The lowest BCUT2D eigenvalue weighted by atomic mass is 9.83. The van der Waals surface area contributed by atoms with Crippen molar-refractivity contribution in [2.45, 2.75) is 39.0 Å². The molecule has 2 aliphatic heterocycles. The number of anilines is 1. The second-order valence-corrected chi connectivity index (χ2v) is 5.89. The number of carbonyl (C=O) groups is 2. The van der Waals surface area contributed by atoms with Gasteiger partial charge in [-0.2, -0.15) is 5.10 Å². The van der Waals surface area contributed by atoms with Gasteiger partial charge in [0.05, 0.1) is 11.1 Å². The van der Waals surface area contributed by atoms with Crippen LogP contribution in [0.2, 0.25) is 0 Å². The van der Waals surface area contributed by atoms with E-state index in [1.54, 1.807) is 0 Å². The maximum absolute atomic E-state index is 12.0. The predicted molar refractivity (Wildman–Crippen MR) is 76.7 cm³/mol. The Hall–Kier alpha value is -2.17. The lowest BCUT2D eigenvalue weighted by Gasteiger charge is -2.18. The van der Waals surface area contributed by atoms with Gasteiger partial charge in [-0.3, -0.25) is 9.59 Å². The number of nitrogens with zero attached hydrogens (tertiary/aromatic N) is 1. The highest BCUT2D eigenvalue weighted by molar-refractivity contribution is 6.09. The Bertz CT molecular complexity index is 659. The van der Waals surface area contributed by atoms with Gasteiger partial charge < -0.3 is 5.32 Å². The van der Waals surface area contributed by atoms with Crippen LogP contribution in [0.1, 0.15) is 43.4 Å². The Morgan fingerprint density at radius 1 is 1.20 bits per heavy atom. The molecule has 1 aromatic rings. The standard InChI is InChI=1S/C15H17N3O2/c1-8-6-9(11-4-5-12(19)18-17-11)7-10-13(8)16-14(20)15(10,2)3/h6-7H,4-5H2,1-3H3,(H,16,20)(H,18,19). The van der Waals surface area contributed by atoms with E-state index >= 15 is 0 Å². The minimum atomic E-state index is -0.533. The molecule has 5 nitrogen and oxygen atoms in total. The number of rotatable bonds is 1. The molecule has 0 spiro atoms. The summed E-state index contributed by atoms with van der Waals surface area (Å²) in [5, 5.41) is 7.07. The van der Waals surface area contributed by atoms with E-state index in [0.717, 1.165) is 28.1 Å². The molecular formula is C15H17N3O2. The summed E-state index contributed by atoms with van der Waals surface area (Å²) in [7, 11) is 0. The molecule has 0 fully saturated rings. The van der Waals surface area contributed by atoms with Crippen LogP contribution in [0.15, 0.2) is 17.2 Å². The van der Waals surface area contributed by atoms with Gasteiger partial charge in [-0.1, -0.05) is 0 Å². The van der Waals surface area contributed by atoms with Crippen molar-refractivity contribution in [3.63, 3.8) is 0 Å². The number of fused-ring (bicyclic) bond motifs is 1. The maximum atomic E-state index is 12.0. The summed E-state index contributed by atoms with van der Waals surface area (Å²) in [5.74, 6) is -0.0320. The van der Waals surface area contributed by atoms with Crippen molar-refractivity contribution in [3.05, 3.63) is 28.8 Å². The topological polar surface area (TPSA) is 70.6 Å². The molecule has 1 aromatic carbocycles. The van der Waals surface area contributed by atoms with E-state index in [-0.39, 0.29) is 11.8 Å². The van der Waals surface area contributed by atoms with Gasteiger partial charge in [0, 0.05) is 18.5 Å². The first kappa shape index (κ1) is 12.8. The molecule has 3 rings (SSSR count). The van der Waals surface area contributed by atoms with Crippen LogP contribution in [0.4, 0.5) is 5.69 Å². The number of nitrogens with one attached hydrogen (secondary N) is 2. The second-order valence-electron chi connectivity index (χ2n) is 5.89. The van der Waals surface area contributed by atoms with Crippen LogP contribution in [0.3, 0.4) is 0 Å². The van der Waals surface area contributed by atoms with Gasteiger partial charge in [0.25, 0.3) is 0 Å². The zero-order chi connectivity index (χ0) is 14.5. The summed E-state index contributed by atoms with van der Waals surface area (Å²) in [6, 6.07) is 4.02. The van der Waals surface area contributed by atoms with Crippen LogP contribution in [0, 0.1) is 6.92 Å². The van der Waals surface area contributed by atoms with Crippen LogP contribution < -0.4 is 10.7 Å². The molecule has 20 heavy (non-hydrogen) atoms. The van der Waals surface area contributed by atoms with Gasteiger partial charge in [0.15, 0.2) is 0 Å². The quantitative estimate of drug-likeness (QED) is 0.818. The van der Waals surface area contributed by atoms with Crippen LogP contribution in [0.5, 0.6) is 0 Å². The summed E-state index contributed by atoms with van der Waals surface area (Å²) >= 11 is 0. The van der Waals surface area contributed by atoms with E-state index in [2.05, 4.69) is 15.8 Å². The molecule has 5 heteroatoms. The molecule has 2 aliphatic rings. The molecule has 0 aliphatic carbocycles. The van der Waals surface area contributed by atoms with Crippen LogP contribution in [0.25, 0.3) is 0 Å². The van der Waals surface area contributed by atoms with Crippen LogP contribution in [-0.2, 0) is 15.0 Å². The molecule has 0 radical (unpaired) electrons. The van der Waals surface area contributed by atoms with Gasteiger partial charge in [-0.05, 0) is 49.6 Å². The summed E-state index contributed by atoms with van der Waals surface area (Å²) in [4.78, 5) is 23.2. The van der Waals surface area contributed by atoms with Gasteiger partial charge in [-0.25, -0.2) is 5.43 Å². The summed E-state index contributed by atoms with van der Waals surface area (Å²) in [6.07, 6.45) is 1.08. The SMILES string of the molecule is Cc1cc(C2=NNC(=O)CC2)cc2c1NC(=O)C2(C)C. The fourth-order valence-corrected chi connectivity index (χ4v) is 2.69. The molecule has 0 aromatic heterocycles. The van der Waals surface area contributed by atoms with E-state index in [1.165, 1.54) is 0 Å². The zero-order valence-corrected chi connectivity index (χ0v) is 11.8. The summed E-state index contributed by atoms with van der Waals surface area (Å²) < 4.78 is 0. The third-order valence-electron chi connectivity index (χ3n) is 4.05. The van der Waals surface area contributed by atoms with Crippen molar-refractivity contribution in [3.8, 4) is 0 Å². The first-order chi connectivity index (χ1) is 9.39. The number of amides is 2. The van der Waals surface area contributed by atoms with Crippen molar-refractivity contribution < 1.29 is 9.59 Å². The first-order valence-electron chi connectivity index (χ1n) is 6.72. The number of carbonyl (C=O) groups excluding carboxylic acids is 2. The Kier molecular flexibility index (Phi) is 2.67. The number of hydrogen-bond acceptors (Lipinski definition) is 3. The third-order valence-corrected chi connectivity index (χ3v) is 4.05. The highest BCUT2D eigenvalue weighted by atomic mass is 16.2. The molecule has 0 saturated carbocycles. The lowest BCUT2D eigenvalue weighted by molar-refractivity contribution is -0.121. The smallest absolute Gasteiger partial charge is 0.240 e. The average Bonchev–Trinajstić information content (AvgIpc) is 2.63. The van der Waals surface area contributed by atoms with E-state index in [9.17, 15) is 9.59 Å². The van der Waals surface area contributed by atoms with Crippen molar-refractivity contribution in [1.82, 2.24) is 5.43 Å². The normalized spacial score (nSPS) is 20.1. The monoisotopic (exact) mass is 271 g/mol. The Morgan fingerprint density at radius 2 is 1.95 bits per heavy atom. The Balaban J connectivity index is 2.09. The van der Waals surface area contributed by atoms with E-state index < -0.39 is 5.41 Å². The Labute approximate surface area is 117 Å². The van der Waals surface area contributed by atoms with Gasteiger partial charge in [0.2, 0.25) is 11.8 Å². The lowest BCUT2D eigenvalue weighted by Crippen LogP contribution is -2.27. The third kappa shape index (κ3) is 1.81. The number of hydrogen-bond donors (Lipinski definition) is 2. The van der Waals surface area contributed by atoms with Crippen LogP contribution >= 0.6 is 0 Å². The molecule has 0 unspecified atom stereocenters. The van der Waals surface area contributed by atoms with Crippen molar-refractivity contribution in [1.29, 1.82) is 0 Å². The fourth-order valence-electron chi connectivity index (χ4n) is 2.69. The molecule has 2 heterocycles. The second kappa shape index (κ2) is 4.16. The number of aryl methyl sites for hydroxylation is 1. The zero-order valence-electron chi connectivity index (χ0n) is 11.8. The van der Waals surface area contributed by atoms with Gasteiger partial charge in [-0.15, -0.1) is 0 Å². The summed E-state index contributed by atoms with van der Waals surface area (Å²) in [5.41, 5.74) is 6.75. The molecule has 2 amide bonds. The number of benzene rings is 1. The highest BCUT2D eigenvalue weighted by Crippen LogP contribution is 2.40. The number of hydrazone groups is 1. The fraction of sp³-hybridized carbons (Fsp3) is 0.400. The van der Waals surface area contributed by atoms with E-state index in [1.807, 2.05) is 32.9 Å². The molecule has 0 saturated heterocycles. The maximum Gasteiger partial charge on any atom is 0.240 e. The van der Waals surface area contributed by atoms with E-state index in [0.29, 0.717) is 12.8 Å². The molecule has 0 atom stereocenters. The summed E-state index contributed by atoms with van der Waals surface area (Å²) in [6.45, 7) is 5.82. The molecule has 0 bridgehead atoms. The minimum Gasteiger partial charge on any atom is -0.325 e. The predicted octanol–water partition coefficient (Wildman–Crippen LogP) is 1.84. The molecular weight excluding hydrogens is 254 g/mol. The van der Waals surface area contributed by atoms with Crippen molar-refractivity contribution in [2.24, 2.45) is 5.10 Å². The van der Waals surface area contributed by atoms with Crippen LogP contribution in [-0.4, -0.2) is 17.5 Å². The van der Waals surface area contributed by atoms with Gasteiger partial charge >= 0.3 is 0 Å². The minimum absolute atomic E-state index is 0.0200. The molecule has 104 valence electrons. The average molecular weight is 271 g/mol. The Morgan fingerprint density at radius 3 is 2.60 bits per heavy atom. The van der Waals surface area contributed by atoms with E-state index in [4.69, 9.17) is 0 Å². The highest BCUT2D eigenvalue weighted by Gasteiger charge is 2.39. The van der Waals surface area contributed by atoms with Crippen molar-refractivity contribution >= 4 is 23.2 Å². The molecule has 2 N–H and O–H groups in total. The first-order valence-corrected chi connectivity index (χ1v) is 6.72. The van der Waals surface area contributed by atoms with Crippen molar-refractivity contribution in [2.75, 3.05) is 5.32 Å². The van der Waals surface area contributed by atoms with Gasteiger partial charge in [0.1, 0.15) is 0 Å². The largest absolute Gasteiger partial charge is 0.325 e.